The lowest BCUT2D eigenvalue weighted by molar-refractivity contribution is -0.118. The minimum absolute atomic E-state index is 0. The van der Waals surface area contributed by atoms with Crippen LogP contribution in [0.4, 0.5) is 14.5 Å². The molecule has 1 unspecified atom stereocenters. The Labute approximate surface area is 129 Å². The molecule has 19 heavy (non-hydrogen) atoms. The highest BCUT2D eigenvalue weighted by molar-refractivity contribution is 14.1. The van der Waals surface area contributed by atoms with Crippen molar-refractivity contribution < 1.29 is 18.3 Å². The maximum absolute atomic E-state index is 13.2. The van der Waals surface area contributed by atoms with Crippen molar-refractivity contribution >= 4 is 46.6 Å². The molecule has 0 saturated heterocycles. The molecule has 1 atom stereocenters. The third-order valence-corrected chi connectivity index (χ3v) is 3.31. The average Bonchev–Trinajstić information content (AvgIpc) is 2.32. The Hall–Kier alpha value is -0.510. The first-order valence-electron chi connectivity index (χ1n) is 5.15. The van der Waals surface area contributed by atoms with Crippen molar-refractivity contribution in [3.8, 4) is 0 Å². The van der Waals surface area contributed by atoms with Gasteiger partial charge in [-0.2, -0.15) is 0 Å². The summed E-state index contributed by atoms with van der Waals surface area (Å²) in [5.74, 6) is -1.84. The van der Waals surface area contributed by atoms with Gasteiger partial charge in [0.1, 0.15) is 11.6 Å². The number of benzene rings is 1. The summed E-state index contributed by atoms with van der Waals surface area (Å²) in [5, 5.41) is 2.39. The van der Waals surface area contributed by atoms with Crippen molar-refractivity contribution in [2.24, 2.45) is 5.73 Å². The van der Waals surface area contributed by atoms with E-state index < -0.39 is 23.6 Å². The van der Waals surface area contributed by atoms with Crippen molar-refractivity contribution in [1.29, 1.82) is 0 Å². The summed E-state index contributed by atoms with van der Waals surface area (Å²) in [4.78, 5) is 11.6. The van der Waals surface area contributed by atoms with Crippen LogP contribution in [0.25, 0.3) is 0 Å². The molecule has 0 aliphatic rings. The molecule has 1 amide bonds. The first-order chi connectivity index (χ1) is 8.47. The van der Waals surface area contributed by atoms with E-state index in [9.17, 15) is 13.6 Å². The number of nitrogens with one attached hydrogen (secondary N) is 1. The van der Waals surface area contributed by atoms with E-state index in [0.717, 1.165) is 12.1 Å². The number of hydrogen-bond donors (Lipinski definition) is 2. The molecule has 4 nitrogen and oxygen atoms in total. The fourth-order valence-electron chi connectivity index (χ4n) is 1.31. The Balaban J connectivity index is 0.00000324. The van der Waals surface area contributed by atoms with Gasteiger partial charge in [0.05, 0.1) is 16.1 Å². The highest BCUT2D eigenvalue weighted by atomic mass is 127. The van der Waals surface area contributed by atoms with E-state index in [1.54, 1.807) is 22.6 Å². The number of carbonyl (C=O) groups excluding carboxylic acids is 1. The minimum atomic E-state index is -0.715. The molecule has 0 spiro atoms. The van der Waals surface area contributed by atoms with Crippen LogP contribution >= 0.6 is 35.0 Å². The second kappa shape index (κ2) is 8.62. The maximum atomic E-state index is 13.2. The molecule has 0 aromatic heterocycles. The fourth-order valence-corrected chi connectivity index (χ4v) is 1.62. The molecule has 0 fully saturated rings. The summed E-state index contributed by atoms with van der Waals surface area (Å²) >= 11 is 1.55. The van der Waals surface area contributed by atoms with E-state index in [1.807, 2.05) is 0 Å². The molecular formula is C11H14ClF2IN2O2. The summed E-state index contributed by atoms with van der Waals surface area (Å²) in [7, 11) is 1.44. The Bertz CT molecular complexity index is 422. The van der Waals surface area contributed by atoms with Crippen molar-refractivity contribution in [3.05, 3.63) is 27.3 Å². The van der Waals surface area contributed by atoms with E-state index in [2.05, 4.69) is 5.32 Å². The minimum Gasteiger partial charge on any atom is -0.380 e. The first kappa shape index (κ1) is 18.5. The van der Waals surface area contributed by atoms with Crippen molar-refractivity contribution in [3.63, 3.8) is 0 Å². The van der Waals surface area contributed by atoms with E-state index in [1.165, 1.54) is 7.11 Å². The van der Waals surface area contributed by atoms with E-state index in [0.29, 0.717) is 0 Å². The molecule has 0 saturated carbocycles. The van der Waals surface area contributed by atoms with Gasteiger partial charge in [-0.05, 0) is 34.7 Å². The predicted octanol–water partition coefficient (Wildman–Crippen LogP) is 2.29. The molecule has 1 aromatic rings. The molecule has 0 radical (unpaired) electrons. The number of rotatable bonds is 5. The Morgan fingerprint density at radius 3 is 2.42 bits per heavy atom. The number of methoxy groups -OCH3 is 1. The predicted molar refractivity (Wildman–Crippen MR) is 79.4 cm³/mol. The highest BCUT2D eigenvalue weighted by Gasteiger charge is 2.14. The molecule has 8 heteroatoms. The summed E-state index contributed by atoms with van der Waals surface area (Å²) in [6.45, 7) is 0.194. The van der Waals surface area contributed by atoms with Crippen LogP contribution in [0, 0.1) is 15.2 Å². The molecule has 0 aliphatic heterocycles. The highest BCUT2D eigenvalue weighted by Crippen LogP contribution is 2.20. The smallest absolute Gasteiger partial charge is 0.227 e. The van der Waals surface area contributed by atoms with Crippen LogP contribution in [-0.4, -0.2) is 25.7 Å². The largest absolute Gasteiger partial charge is 0.380 e. The standard InChI is InChI=1S/C11H13F2IN2O2.ClH/c1-18-7(5-15)4-10(17)16-6-2-8(12)11(14)9(13)3-6;/h2-3,7H,4-5,15H2,1H3,(H,16,17);1H. The zero-order chi connectivity index (χ0) is 13.7. The van der Waals surface area contributed by atoms with Crippen molar-refractivity contribution in [2.45, 2.75) is 12.5 Å². The summed E-state index contributed by atoms with van der Waals surface area (Å²) < 4.78 is 31.3. The quantitative estimate of drug-likeness (QED) is 0.583. The Morgan fingerprint density at radius 2 is 2.00 bits per heavy atom. The molecule has 1 rings (SSSR count). The molecule has 3 N–H and O–H groups in total. The maximum Gasteiger partial charge on any atom is 0.227 e. The average molecular weight is 407 g/mol. The molecule has 108 valence electrons. The number of carbonyl (C=O) groups is 1. The number of amides is 1. The van der Waals surface area contributed by atoms with Gasteiger partial charge in [0.15, 0.2) is 0 Å². The first-order valence-corrected chi connectivity index (χ1v) is 6.23. The Morgan fingerprint density at radius 1 is 1.47 bits per heavy atom. The van der Waals surface area contributed by atoms with Crippen LogP contribution in [-0.2, 0) is 9.53 Å². The molecule has 1 aromatic carbocycles. The zero-order valence-corrected chi connectivity index (χ0v) is 13.1. The third-order valence-electron chi connectivity index (χ3n) is 2.28. The van der Waals surface area contributed by atoms with Gasteiger partial charge in [-0.3, -0.25) is 4.79 Å². The van der Waals surface area contributed by atoms with E-state index in [-0.39, 0.29) is 34.6 Å². The molecule has 0 heterocycles. The molecular weight excluding hydrogens is 392 g/mol. The van der Waals surface area contributed by atoms with Crippen LogP contribution < -0.4 is 11.1 Å². The number of ether oxygens (including phenoxy) is 1. The Kier molecular flexibility index (Phi) is 8.39. The zero-order valence-electron chi connectivity index (χ0n) is 10.1. The number of hydrogen-bond acceptors (Lipinski definition) is 3. The van der Waals surface area contributed by atoms with Crippen molar-refractivity contribution in [2.75, 3.05) is 19.0 Å². The number of anilines is 1. The fraction of sp³-hybridized carbons (Fsp3) is 0.364. The SMILES string of the molecule is COC(CN)CC(=O)Nc1cc(F)c(I)c(F)c1.Cl. The van der Waals surface area contributed by atoms with Gasteiger partial charge in [-0.1, -0.05) is 0 Å². The van der Waals surface area contributed by atoms with E-state index >= 15 is 0 Å². The van der Waals surface area contributed by atoms with Gasteiger partial charge in [-0.25, -0.2) is 8.78 Å². The molecule has 0 bridgehead atoms. The monoisotopic (exact) mass is 406 g/mol. The lowest BCUT2D eigenvalue weighted by Crippen LogP contribution is -2.28. The van der Waals surface area contributed by atoms with E-state index in [4.69, 9.17) is 10.5 Å². The molecule has 0 aliphatic carbocycles. The van der Waals surface area contributed by atoms with Crippen molar-refractivity contribution in [1.82, 2.24) is 0 Å². The van der Waals surface area contributed by atoms with Crippen LogP contribution in [0.1, 0.15) is 6.42 Å². The second-order valence-electron chi connectivity index (χ2n) is 3.60. The third kappa shape index (κ3) is 5.55. The second-order valence-corrected chi connectivity index (χ2v) is 4.68. The summed E-state index contributed by atoms with van der Waals surface area (Å²) in [6, 6.07) is 2.13. The van der Waals surface area contributed by atoms with Gasteiger partial charge >= 0.3 is 0 Å². The van der Waals surface area contributed by atoms with Crippen LogP contribution in [0.15, 0.2) is 12.1 Å². The number of nitrogens with two attached hydrogens (primary N) is 1. The topological polar surface area (TPSA) is 64.3 Å². The normalized spacial score (nSPS) is 11.6. The summed E-state index contributed by atoms with van der Waals surface area (Å²) in [5.41, 5.74) is 5.44. The van der Waals surface area contributed by atoms with Gasteiger partial charge in [0.2, 0.25) is 5.91 Å². The lowest BCUT2D eigenvalue weighted by Gasteiger charge is -2.12. The summed E-state index contributed by atoms with van der Waals surface area (Å²) in [6.07, 6.45) is -0.383. The number of halogens is 4. The van der Waals surface area contributed by atoms with Crippen LogP contribution in [0.5, 0.6) is 0 Å². The van der Waals surface area contributed by atoms with Crippen LogP contribution in [0.3, 0.4) is 0 Å². The van der Waals surface area contributed by atoms with Crippen LogP contribution in [0.2, 0.25) is 0 Å². The van der Waals surface area contributed by atoms with Gasteiger partial charge in [0, 0.05) is 19.3 Å². The van der Waals surface area contributed by atoms with Gasteiger partial charge in [-0.15, -0.1) is 12.4 Å². The lowest BCUT2D eigenvalue weighted by atomic mass is 10.2. The van der Waals surface area contributed by atoms with Gasteiger partial charge < -0.3 is 15.8 Å². The van der Waals surface area contributed by atoms with Gasteiger partial charge in [0.25, 0.3) is 0 Å².